The van der Waals surface area contributed by atoms with Crippen LogP contribution in [-0.4, -0.2) is 23.0 Å². The number of hydrogen-bond acceptors (Lipinski definition) is 3. The van der Waals surface area contributed by atoms with Crippen molar-refractivity contribution in [3.63, 3.8) is 0 Å². The number of carbonyl (C=O) groups excluding carboxylic acids is 1. The molecule has 5 rings (SSSR count). The minimum atomic E-state index is -0.495. The van der Waals surface area contributed by atoms with E-state index in [1.807, 2.05) is 71.6 Å². The number of amides is 1. The van der Waals surface area contributed by atoms with Crippen LogP contribution in [0, 0.1) is 0 Å². The number of nitrogens with zero attached hydrogens (tertiary/aromatic N) is 1. The second-order valence-electron chi connectivity index (χ2n) is 8.35. The summed E-state index contributed by atoms with van der Waals surface area (Å²) in [6.07, 6.45) is 0. The number of ether oxygens (including phenoxy) is 2. The third kappa shape index (κ3) is 3.48. The predicted octanol–water partition coefficient (Wildman–Crippen LogP) is 4.68. The first-order chi connectivity index (χ1) is 14.6. The van der Waals surface area contributed by atoms with E-state index in [0.717, 1.165) is 28.0 Å². The van der Waals surface area contributed by atoms with Gasteiger partial charge in [-0.15, -0.1) is 0 Å². The molecule has 0 N–H and O–H groups in total. The predicted molar refractivity (Wildman–Crippen MR) is 115 cm³/mol. The quantitative estimate of drug-likeness (QED) is 0.625. The summed E-state index contributed by atoms with van der Waals surface area (Å²) in [5.74, 6) is 0.671. The molecule has 3 aromatic rings. The van der Waals surface area contributed by atoms with Gasteiger partial charge in [0.2, 0.25) is 5.91 Å². The van der Waals surface area contributed by atoms with Gasteiger partial charge in [-0.1, -0.05) is 66.7 Å². The van der Waals surface area contributed by atoms with E-state index in [9.17, 15) is 4.79 Å². The molecule has 2 aliphatic rings. The minimum absolute atomic E-state index is 0.139. The molecule has 2 atom stereocenters. The topological polar surface area (TPSA) is 38.8 Å². The van der Waals surface area contributed by atoms with Crippen molar-refractivity contribution in [1.29, 1.82) is 0 Å². The van der Waals surface area contributed by atoms with Crippen LogP contribution in [0.4, 0.5) is 0 Å². The van der Waals surface area contributed by atoms with Crippen molar-refractivity contribution < 1.29 is 14.3 Å². The van der Waals surface area contributed by atoms with Crippen molar-refractivity contribution in [2.45, 2.75) is 38.2 Å². The first-order valence-electron chi connectivity index (χ1n) is 10.4. The molecule has 0 aliphatic carbocycles. The molecule has 3 aromatic carbocycles. The molecule has 1 amide bonds. The van der Waals surface area contributed by atoms with E-state index in [1.54, 1.807) is 0 Å². The van der Waals surface area contributed by atoms with E-state index >= 15 is 0 Å². The lowest BCUT2D eigenvalue weighted by Crippen LogP contribution is -2.40. The molecule has 0 aromatic heterocycles. The van der Waals surface area contributed by atoms with Gasteiger partial charge < -0.3 is 14.4 Å². The molecule has 0 spiro atoms. The highest BCUT2D eigenvalue weighted by atomic mass is 16.5. The Morgan fingerprint density at radius 2 is 1.70 bits per heavy atom. The Morgan fingerprint density at radius 1 is 1.00 bits per heavy atom. The van der Waals surface area contributed by atoms with Gasteiger partial charge in [-0.05, 0) is 41.3 Å². The lowest BCUT2D eigenvalue weighted by molar-refractivity contribution is -0.131. The smallest absolute Gasteiger partial charge is 0.233 e. The third-order valence-electron chi connectivity index (χ3n) is 6.12. The maximum atomic E-state index is 13.3. The molecule has 0 unspecified atom stereocenters. The largest absolute Gasteiger partial charge is 0.489 e. The summed E-state index contributed by atoms with van der Waals surface area (Å²) in [6.45, 7) is 4.30. The van der Waals surface area contributed by atoms with Gasteiger partial charge in [-0.3, -0.25) is 4.79 Å². The Kier molecular flexibility index (Phi) is 4.80. The number of benzene rings is 3. The molecule has 1 saturated heterocycles. The van der Waals surface area contributed by atoms with Crippen LogP contribution in [0.2, 0.25) is 0 Å². The van der Waals surface area contributed by atoms with Gasteiger partial charge in [0.1, 0.15) is 12.4 Å². The Bertz CT molecular complexity index is 1050. The van der Waals surface area contributed by atoms with Crippen molar-refractivity contribution in [1.82, 2.24) is 4.90 Å². The van der Waals surface area contributed by atoms with Crippen LogP contribution in [0.15, 0.2) is 78.9 Å². The molecule has 0 saturated carbocycles. The van der Waals surface area contributed by atoms with Crippen molar-refractivity contribution in [3.8, 4) is 5.75 Å². The fourth-order valence-corrected chi connectivity index (χ4v) is 4.58. The first-order valence-corrected chi connectivity index (χ1v) is 10.4. The van der Waals surface area contributed by atoms with Gasteiger partial charge >= 0.3 is 0 Å². The first kappa shape index (κ1) is 18.9. The highest BCUT2D eigenvalue weighted by Crippen LogP contribution is 2.46. The van der Waals surface area contributed by atoms with Crippen LogP contribution in [0.25, 0.3) is 0 Å². The maximum absolute atomic E-state index is 13.3. The van der Waals surface area contributed by atoms with Crippen LogP contribution >= 0.6 is 0 Å². The summed E-state index contributed by atoms with van der Waals surface area (Å²) in [5, 5.41) is 0. The average Bonchev–Trinajstić information content (AvgIpc) is 3.03. The summed E-state index contributed by atoms with van der Waals surface area (Å²) < 4.78 is 12.2. The molecule has 4 nitrogen and oxygen atoms in total. The molecular weight excluding hydrogens is 374 g/mol. The molecule has 0 bridgehead atoms. The van der Waals surface area contributed by atoms with Gasteiger partial charge in [0.05, 0.1) is 24.7 Å². The number of likely N-dealkylation sites (tertiary alicyclic amines) is 1. The lowest BCUT2D eigenvalue weighted by Gasteiger charge is -2.35. The molecule has 1 fully saturated rings. The van der Waals surface area contributed by atoms with Gasteiger partial charge in [0.15, 0.2) is 0 Å². The normalized spacial score (nSPS) is 22.5. The third-order valence-corrected chi connectivity index (χ3v) is 6.12. The maximum Gasteiger partial charge on any atom is 0.233 e. The van der Waals surface area contributed by atoms with Crippen molar-refractivity contribution in [2.24, 2.45) is 0 Å². The van der Waals surface area contributed by atoms with Crippen LogP contribution < -0.4 is 4.74 Å². The van der Waals surface area contributed by atoms with Gasteiger partial charge in [-0.25, -0.2) is 0 Å². The molecule has 2 aliphatic heterocycles. The van der Waals surface area contributed by atoms with Crippen LogP contribution in [0.3, 0.4) is 0 Å². The second-order valence-corrected chi connectivity index (χ2v) is 8.35. The number of fused-ring (bicyclic) bond motifs is 3. The van der Waals surface area contributed by atoms with E-state index in [-0.39, 0.29) is 11.8 Å². The van der Waals surface area contributed by atoms with Gasteiger partial charge in [-0.2, -0.15) is 0 Å². The highest BCUT2D eigenvalue weighted by molar-refractivity contribution is 5.88. The molecule has 0 radical (unpaired) electrons. The Morgan fingerprint density at radius 3 is 2.43 bits per heavy atom. The standard InChI is InChI=1S/C26H25NO3/c1-26-18-27(15-19-8-4-2-5-9-19)25(28)24(26)23-13-12-22(14-21(23)17-30-26)29-16-20-10-6-3-7-11-20/h2-14,24H,15-18H2,1H3/t24-,26-/m0/s1. The van der Waals surface area contributed by atoms with E-state index in [4.69, 9.17) is 9.47 Å². The molecule has 152 valence electrons. The Labute approximate surface area is 177 Å². The molecular formula is C26H25NO3. The highest BCUT2D eigenvalue weighted by Gasteiger charge is 2.53. The fraction of sp³-hybridized carbons (Fsp3) is 0.269. The SMILES string of the molecule is C[C@]12CN(Cc3ccccc3)C(=O)[C@@H]1c1ccc(OCc3ccccc3)cc1CO2. The van der Waals surface area contributed by atoms with Gasteiger partial charge in [0.25, 0.3) is 0 Å². The summed E-state index contributed by atoms with van der Waals surface area (Å²) >= 11 is 0. The number of hydrogen-bond donors (Lipinski definition) is 0. The summed E-state index contributed by atoms with van der Waals surface area (Å²) in [7, 11) is 0. The summed E-state index contributed by atoms with van der Waals surface area (Å²) in [4.78, 5) is 15.2. The molecule has 4 heteroatoms. The average molecular weight is 399 g/mol. The zero-order valence-corrected chi connectivity index (χ0v) is 17.1. The second kappa shape index (κ2) is 7.62. The Balaban J connectivity index is 1.36. The fourth-order valence-electron chi connectivity index (χ4n) is 4.58. The van der Waals surface area contributed by atoms with Crippen molar-refractivity contribution >= 4 is 5.91 Å². The van der Waals surface area contributed by atoms with E-state index < -0.39 is 5.60 Å². The van der Waals surface area contributed by atoms with Crippen molar-refractivity contribution in [3.05, 3.63) is 101 Å². The molecule has 30 heavy (non-hydrogen) atoms. The Hall–Kier alpha value is -3.11. The van der Waals surface area contributed by atoms with Gasteiger partial charge in [0, 0.05) is 6.54 Å². The van der Waals surface area contributed by atoms with E-state index in [0.29, 0.717) is 26.3 Å². The zero-order chi connectivity index (χ0) is 20.6. The number of carbonyl (C=O) groups is 1. The van der Waals surface area contributed by atoms with Crippen molar-refractivity contribution in [2.75, 3.05) is 6.54 Å². The summed E-state index contributed by atoms with van der Waals surface area (Å²) in [5.41, 5.74) is 3.87. The van der Waals surface area contributed by atoms with Crippen LogP contribution in [0.1, 0.15) is 35.1 Å². The summed E-state index contributed by atoms with van der Waals surface area (Å²) in [6, 6.07) is 26.3. The minimum Gasteiger partial charge on any atom is -0.489 e. The lowest BCUT2D eigenvalue weighted by atomic mass is 9.81. The zero-order valence-electron chi connectivity index (χ0n) is 17.1. The van der Waals surface area contributed by atoms with E-state index in [1.165, 1.54) is 0 Å². The van der Waals surface area contributed by atoms with E-state index in [2.05, 4.69) is 19.1 Å². The number of rotatable bonds is 5. The van der Waals surface area contributed by atoms with Crippen LogP contribution in [0.5, 0.6) is 5.75 Å². The van der Waals surface area contributed by atoms with Crippen LogP contribution in [-0.2, 0) is 29.3 Å². The monoisotopic (exact) mass is 399 g/mol. The molecule has 2 heterocycles.